The highest BCUT2D eigenvalue weighted by molar-refractivity contribution is 5.79. The van der Waals surface area contributed by atoms with Gasteiger partial charge in [-0.1, -0.05) is 0 Å². The fourth-order valence-electron chi connectivity index (χ4n) is 2.74. The van der Waals surface area contributed by atoms with Gasteiger partial charge in [0.25, 0.3) is 0 Å². The zero-order valence-corrected chi connectivity index (χ0v) is 9.95. The molecule has 5 heteroatoms. The van der Waals surface area contributed by atoms with Gasteiger partial charge in [-0.15, -0.1) is 0 Å². The van der Waals surface area contributed by atoms with Crippen molar-refractivity contribution in [1.82, 2.24) is 10.6 Å². The molecule has 1 heterocycles. The number of carboxylic acids is 1. The van der Waals surface area contributed by atoms with Gasteiger partial charge in [-0.2, -0.15) is 0 Å². The lowest BCUT2D eigenvalue weighted by Gasteiger charge is -2.23. The van der Waals surface area contributed by atoms with Crippen molar-refractivity contribution in [2.24, 2.45) is 11.8 Å². The molecule has 2 rings (SSSR count). The molecule has 5 nitrogen and oxygen atoms in total. The zero-order valence-electron chi connectivity index (χ0n) is 9.95. The zero-order chi connectivity index (χ0) is 12.3. The van der Waals surface area contributed by atoms with E-state index in [4.69, 9.17) is 5.11 Å². The summed E-state index contributed by atoms with van der Waals surface area (Å²) in [7, 11) is 0. The highest BCUT2D eigenvalue weighted by atomic mass is 16.4. The maximum Gasteiger partial charge on any atom is 0.306 e. The van der Waals surface area contributed by atoms with Crippen molar-refractivity contribution in [3.63, 3.8) is 0 Å². The van der Waals surface area contributed by atoms with Crippen LogP contribution in [0.15, 0.2) is 0 Å². The number of carbonyl (C=O) groups is 2. The molecular weight excluding hydrogens is 220 g/mol. The molecule has 0 aromatic rings. The number of carbonyl (C=O) groups excluding carboxylic acids is 1. The molecule has 1 saturated carbocycles. The first-order valence-corrected chi connectivity index (χ1v) is 6.40. The van der Waals surface area contributed by atoms with E-state index in [0.717, 1.165) is 32.4 Å². The first-order valence-electron chi connectivity index (χ1n) is 6.40. The smallest absolute Gasteiger partial charge is 0.306 e. The summed E-state index contributed by atoms with van der Waals surface area (Å²) in [6.07, 6.45) is 3.86. The fraction of sp³-hybridized carbons (Fsp3) is 0.833. The minimum Gasteiger partial charge on any atom is -0.481 e. The SMILES string of the molecule is O=C(O)C1CCC(NC(=O)C2CCNCC2)C1. The first kappa shape index (κ1) is 12.4. The van der Waals surface area contributed by atoms with Gasteiger partial charge in [-0.25, -0.2) is 0 Å². The number of rotatable bonds is 3. The maximum absolute atomic E-state index is 11.9. The van der Waals surface area contributed by atoms with E-state index in [1.807, 2.05) is 0 Å². The van der Waals surface area contributed by atoms with Crippen molar-refractivity contribution in [2.45, 2.75) is 38.1 Å². The minimum atomic E-state index is -0.733. The van der Waals surface area contributed by atoms with Crippen LogP contribution in [0.5, 0.6) is 0 Å². The van der Waals surface area contributed by atoms with E-state index < -0.39 is 5.97 Å². The van der Waals surface area contributed by atoms with Gasteiger partial charge in [0.2, 0.25) is 5.91 Å². The second kappa shape index (κ2) is 5.49. The van der Waals surface area contributed by atoms with Gasteiger partial charge in [-0.3, -0.25) is 9.59 Å². The predicted molar refractivity (Wildman–Crippen MR) is 62.5 cm³/mol. The van der Waals surface area contributed by atoms with E-state index >= 15 is 0 Å². The topological polar surface area (TPSA) is 78.4 Å². The number of carboxylic acid groups (broad SMARTS) is 1. The number of hydrogen-bond donors (Lipinski definition) is 3. The summed E-state index contributed by atoms with van der Waals surface area (Å²) in [6.45, 7) is 1.81. The molecule has 2 atom stereocenters. The fourth-order valence-corrected chi connectivity index (χ4v) is 2.74. The Morgan fingerprint density at radius 3 is 2.35 bits per heavy atom. The van der Waals surface area contributed by atoms with Crippen LogP contribution in [-0.4, -0.2) is 36.1 Å². The van der Waals surface area contributed by atoms with Gasteiger partial charge in [0, 0.05) is 12.0 Å². The summed E-state index contributed by atoms with van der Waals surface area (Å²) in [5.41, 5.74) is 0. The molecule has 1 aliphatic carbocycles. The Bertz CT molecular complexity index is 300. The van der Waals surface area contributed by atoms with Gasteiger partial charge >= 0.3 is 5.97 Å². The highest BCUT2D eigenvalue weighted by Crippen LogP contribution is 2.26. The van der Waals surface area contributed by atoms with Crippen molar-refractivity contribution < 1.29 is 14.7 Å². The Hall–Kier alpha value is -1.10. The Labute approximate surface area is 101 Å². The molecule has 0 radical (unpaired) electrons. The lowest BCUT2D eigenvalue weighted by atomic mass is 9.97. The Balaban J connectivity index is 1.77. The Morgan fingerprint density at radius 2 is 1.76 bits per heavy atom. The maximum atomic E-state index is 11.9. The van der Waals surface area contributed by atoms with Crippen LogP contribution in [0.3, 0.4) is 0 Å². The molecule has 3 N–H and O–H groups in total. The molecular formula is C12H20N2O3. The third-order valence-corrected chi connectivity index (χ3v) is 3.84. The van der Waals surface area contributed by atoms with Gasteiger partial charge in [0.15, 0.2) is 0 Å². The van der Waals surface area contributed by atoms with Crippen LogP contribution >= 0.6 is 0 Å². The number of nitrogens with one attached hydrogen (secondary N) is 2. The molecule has 96 valence electrons. The predicted octanol–water partition coefficient (Wildman–Crippen LogP) is 0.355. The number of amides is 1. The van der Waals surface area contributed by atoms with E-state index in [1.54, 1.807) is 0 Å². The molecule has 0 aromatic carbocycles. The molecule has 1 saturated heterocycles. The van der Waals surface area contributed by atoms with Gasteiger partial charge in [0.05, 0.1) is 5.92 Å². The molecule has 17 heavy (non-hydrogen) atoms. The standard InChI is InChI=1S/C12H20N2O3/c15-11(8-3-5-13-6-4-8)14-10-2-1-9(7-10)12(16)17/h8-10,13H,1-7H2,(H,14,15)(H,16,17). The molecule has 2 fully saturated rings. The minimum absolute atomic E-state index is 0.0680. The van der Waals surface area contributed by atoms with Crippen LogP contribution in [0.4, 0.5) is 0 Å². The normalized spacial score (nSPS) is 30.1. The van der Waals surface area contributed by atoms with Crippen LogP contribution in [-0.2, 0) is 9.59 Å². The van der Waals surface area contributed by atoms with Crippen molar-refractivity contribution in [3.8, 4) is 0 Å². The summed E-state index contributed by atoms with van der Waals surface area (Å²) in [5.74, 6) is -0.778. The Kier molecular flexibility index (Phi) is 3.99. The molecule has 0 bridgehead atoms. The molecule has 2 aliphatic rings. The van der Waals surface area contributed by atoms with Gasteiger partial charge in [-0.05, 0) is 45.2 Å². The summed E-state index contributed by atoms with van der Waals surface area (Å²) < 4.78 is 0. The quantitative estimate of drug-likeness (QED) is 0.665. The summed E-state index contributed by atoms with van der Waals surface area (Å²) in [6, 6.07) is 0.0680. The van der Waals surface area contributed by atoms with Crippen LogP contribution in [0, 0.1) is 11.8 Å². The van der Waals surface area contributed by atoms with Crippen molar-refractivity contribution in [3.05, 3.63) is 0 Å². The van der Waals surface area contributed by atoms with Gasteiger partial charge < -0.3 is 15.7 Å². The lowest BCUT2D eigenvalue weighted by molar-refractivity contribution is -0.141. The first-order chi connectivity index (χ1) is 8.16. The molecule has 1 aliphatic heterocycles. The second-order valence-corrected chi connectivity index (χ2v) is 5.08. The number of hydrogen-bond acceptors (Lipinski definition) is 3. The summed E-state index contributed by atoms with van der Waals surface area (Å²) >= 11 is 0. The average Bonchev–Trinajstić information content (AvgIpc) is 2.79. The van der Waals surface area contributed by atoms with Crippen molar-refractivity contribution in [2.75, 3.05) is 13.1 Å². The number of piperidine rings is 1. The number of aliphatic carboxylic acids is 1. The van der Waals surface area contributed by atoms with Crippen LogP contribution in [0.25, 0.3) is 0 Å². The van der Waals surface area contributed by atoms with E-state index in [-0.39, 0.29) is 23.8 Å². The van der Waals surface area contributed by atoms with Crippen LogP contribution < -0.4 is 10.6 Å². The van der Waals surface area contributed by atoms with Crippen LogP contribution in [0.2, 0.25) is 0 Å². The molecule has 1 amide bonds. The van der Waals surface area contributed by atoms with Crippen LogP contribution in [0.1, 0.15) is 32.1 Å². The summed E-state index contributed by atoms with van der Waals surface area (Å²) in [4.78, 5) is 22.8. The van der Waals surface area contributed by atoms with E-state index in [0.29, 0.717) is 12.8 Å². The molecule has 2 unspecified atom stereocenters. The van der Waals surface area contributed by atoms with E-state index in [9.17, 15) is 9.59 Å². The van der Waals surface area contributed by atoms with Crippen molar-refractivity contribution in [1.29, 1.82) is 0 Å². The van der Waals surface area contributed by atoms with Gasteiger partial charge in [0.1, 0.15) is 0 Å². The lowest BCUT2D eigenvalue weighted by Crippen LogP contribution is -2.42. The largest absolute Gasteiger partial charge is 0.481 e. The molecule has 0 spiro atoms. The van der Waals surface area contributed by atoms with Crippen molar-refractivity contribution >= 4 is 11.9 Å². The monoisotopic (exact) mass is 240 g/mol. The third kappa shape index (κ3) is 3.19. The van der Waals surface area contributed by atoms with E-state index in [1.165, 1.54) is 0 Å². The Morgan fingerprint density at radius 1 is 1.06 bits per heavy atom. The second-order valence-electron chi connectivity index (χ2n) is 5.08. The third-order valence-electron chi connectivity index (χ3n) is 3.84. The average molecular weight is 240 g/mol. The highest BCUT2D eigenvalue weighted by Gasteiger charge is 2.32. The molecule has 0 aromatic heterocycles. The summed E-state index contributed by atoms with van der Waals surface area (Å²) in [5, 5.41) is 15.1. The van der Waals surface area contributed by atoms with E-state index in [2.05, 4.69) is 10.6 Å².